The van der Waals surface area contributed by atoms with E-state index in [1.165, 1.54) is 33.4 Å². The Bertz CT molecular complexity index is 1420. The van der Waals surface area contributed by atoms with Gasteiger partial charge >= 0.3 is 0 Å². The minimum atomic E-state index is 0.927. The zero-order valence-electron chi connectivity index (χ0n) is 19.5. The second-order valence-corrected chi connectivity index (χ2v) is 9.27. The van der Waals surface area contributed by atoms with Crippen molar-refractivity contribution in [3.05, 3.63) is 119 Å². The minimum absolute atomic E-state index is 0.927. The van der Waals surface area contributed by atoms with Crippen LogP contribution in [0.4, 0.5) is 0 Å². The normalized spacial score (nSPS) is 15.2. The highest BCUT2D eigenvalue weighted by molar-refractivity contribution is 6.00. The molecule has 0 atom stereocenters. The van der Waals surface area contributed by atoms with Gasteiger partial charge < -0.3 is 0 Å². The van der Waals surface area contributed by atoms with Crippen LogP contribution in [0.25, 0.3) is 44.7 Å². The molecule has 6 rings (SSSR count). The molecule has 2 heteroatoms. The van der Waals surface area contributed by atoms with Crippen LogP contribution in [0.3, 0.4) is 0 Å². The number of rotatable bonds is 4. The Morgan fingerprint density at radius 3 is 1.26 bits per heavy atom. The summed E-state index contributed by atoms with van der Waals surface area (Å²) in [6.07, 6.45) is 10.8. The van der Waals surface area contributed by atoms with E-state index in [4.69, 9.17) is 9.97 Å². The lowest BCUT2D eigenvalue weighted by molar-refractivity contribution is 1.23. The van der Waals surface area contributed by atoms with Crippen molar-refractivity contribution in [1.82, 2.24) is 9.97 Å². The van der Waals surface area contributed by atoms with Gasteiger partial charge in [0.2, 0.25) is 0 Å². The summed E-state index contributed by atoms with van der Waals surface area (Å²) in [5, 5.41) is 0. The van der Waals surface area contributed by atoms with Gasteiger partial charge in [0.15, 0.2) is 0 Å². The van der Waals surface area contributed by atoms with Gasteiger partial charge in [0, 0.05) is 22.3 Å². The minimum Gasteiger partial charge on any atom is -0.243 e. The Morgan fingerprint density at radius 1 is 0.500 bits per heavy atom. The maximum atomic E-state index is 5.37. The Balaban J connectivity index is 1.67. The lowest BCUT2D eigenvalue weighted by atomic mass is 9.94. The number of allylic oxidation sites excluding steroid dienone is 8. The Kier molecular flexibility index (Phi) is 5.07. The zero-order valence-corrected chi connectivity index (χ0v) is 19.5. The average Bonchev–Trinajstić information content (AvgIpc) is 3.51. The first kappa shape index (κ1) is 20.6. The molecule has 1 aromatic heterocycles. The smallest absolute Gasteiger partial charge is 0.0976 e. The Hall–Kier alpha value is -4.04. The van der Waals surface area contributed by atoms with Crippen molar-refractivity contribution in [2.45, 2.75) is 26.7 Å². The number of nitrogens with zero attached hydrogens (tertiary/aromatic N) is 2. The highest BCUT2D eigenvalue weighted by Crippen LogP contribution is 2.40. The molecule has 2 nitrogen and oxygen atoms in total. The highest BCUT2D eigenvalue weighted by atomic mass is 14.8. The molecule has 34 heavy (non-hydrogen) atoms. The van der Waals surface area contributed by atoms with Gasteiger partial charge in [-0.25, -0.2) is 9.97 Å². The van der Waals surface area contributed by atoms with Gasteiger partial charge in [0.1, 0.15) is 0 Å². The summed E-state index contributed by atoms with van der Waals surface area (Å²) in [5.41, 5.74) is 13.7. The summed E-state index contributed by atoms with van der Waals surface area (Å²) in [5.74, 6) is 0. The first-order valence-corrected chi connectivity index (χ1v) is 11.9. The fraction of sp³-hybridized carbons (Fsp3) is 0.125. The van der Waals surface area contributed by atoms with Gasteiger partial charge in [0.05, 0.1) is 22.4 Å². The molecule has 0 radical (unpaired) electrons. The quantitative estimate of drug-likeness (QED) is 0.319. The summed E-state index contributed by atoms with van der Waals surface area (Å²) < 4.78 is 0. The lowest BCUT2D eigenvalue weighted by Gasteiger charge is -2.17. The van der Waals surface area contributed by atoms with Crippen LogP contribution < -0.4 is 0 Å². The molecule has 1 heterocycles. The highest BCUT2D eigenvalue weighted by Gasteiger charge is 2.21. The van der Waals surface area contributed by atoms with Gasteiger partial charge in [-0.2, -0.15) is 0 Å². The van der Waals surface area contributed by atoms with Crippen molar-refractivity contribution in [2.75, 3.05) is 0 Å². The summed E-state index contributed by atoms with van der Waals surface area (Å²) in [6.45, 7) is 4.37. The number of fused-ring (bicyclic) bond motifs is 1. The van der Waals surface area contributed by atoms with Crippen LogP contribution in [0.5, 0.6) is 0 Å². The number of hydrogen-bond donors (Lipinski definition) is 0. The molecule has 0 aliphatic heterocycles. The molecule has 0 N–H and O–H groups in total. The molecule has 3 aromatic carbocycles. The van der Waals surface area contributed by atoms with E-state index in [0.717, 1.165) is 46.4 Å². The van der Waals surface area contributed by atoms with Crippen LogP contribution >= 0.6 is 0 Å². The van der Waals surface area contributed by atoms with E-state index in [0.29, 0.717) is 0 Å². The topological polar surface area (TPSA) is 25.8 Å². The molecule has 4 aromatic rings. The fourth-order valence-corrected chi connectivity index (χ4v) is 4.94. The van der Waals surface area contributed by atoms with E-state index >= 15 is 0 Å². The largest absolute Gasteiger partial charge is 0.243 e. The maximum absolute atomic E-state index is 5.37. The third-order valence-electron chi connectivity index (χ3n) is 6.69. The molecule has 0 bridgehead atoms. The van der Waals surface area contributed by atoms with Crippen LogP contribution in [-0.2, 0) is 0 Å². The lowest BCUT2D eigenvalue weighted by Crippen LogP contribution is -2.01. The predicted molar refractivity (Wildman–Crippen MR) is 143 cm³/mol. The van der Waals surface area contributed by atoms with Crippen LogP contribution in [0.15, 0.2) is 108 Å². The van der Waals surface area contributed by atoms with E-state index in [9.17, 15) is 0 Å². The molecule has 0 fully saturated rings. The molecule has 0 saturated carbocycles. The standard InChI is InChI=1S/C32H26N2/c1-21-13-15-25(19-21)27-17-18-28(26-16-14-22(2)20-26)32-31(27)33-29(23-9-5-3-6-10-23)30(34-32)24-11-7-4-8-12-24/h3-18H,19-20H2,1-2H3. The van der Waals surface area contributed by atoms with E-state index in [1.54, 1.807) is 0 Å². The van der Waals surface area contributed by atoms with Crippen LogP contribution in [0.2, 0.25) is 0 Å². The van der Waals surface area contributed by atoms with Gasteiger partial charge in [-0.3, -0.25) is 0 Å². The summed E-state index contributed by atoms with van der Waals surface area (Å²) in [6, 6.07) is 25.3. The maximum Gasteiger partial charge on any atom is 0.0976 e. The number of benzene rings is 3. The second kappa shape index (κ2) is 8.39. The van der Waals surface area contributed by atoms with Crippen molar-refractivity contribution in [2.24, 2.45) is 0 Å². The van der Waals surface area contributed by atoms with Crippen molar-refractivity contribution in [1.29, 1.82) is 0 Å². The summed E-state index contributed by atoms with van der Waals surface area (Å²) in [7, 11) is 0. The fourth-order valence-electron chi connectivity index (χ4n) is 4.94. The average molecular weight is 439 g/mol. The molecule has 0 spiro atoms. The Labute approximate surface area is 200 Å². The number of aromatic nitrogens is 2. The predicted octanol–water partition coefficient (Wildman–Crippen LogP) is 8.43. The van der Waals surface area contributed by atoms with Gasteiger partial charge in [-0.05, 0) is 37.8 Å². The van der Waals surface area contributed by atoms with Crippen LogP contribution in [0.1, 0.15) is 37.8 Å². The monoisotopic (exact) mass is 438 g/mol. The van der Waals surface area contributed by atoms with E-state index in [-0.39, 0.29) is 0 Å². The SMILES string of the molecule is CC1=CC=C(c2ccc(C3=CC=C(C)C3)c3nc(-c4ccccc4)c(-c4ccccc4)nc23)C1. The zero-order chi connectivity index (χ0) is 23.1. The van der Waals surface area contributed by atoms with Crippen LogP contribution in [0, 0.1) is 0 Å². The second-order valence-electron chi connectivity index (χ2n) is 9.27. The van der Waals surface area contributed by atoms with E-state index < -0.39 is 0 Å². The third kappa shape index (κ3) is 3.62. The van der Waals surface area contributed by atoms with Gasteiger partial charge in [-0.15, -0.1) is 0 Å². The van der Waals surface area contributed by atoms with Gasteiger partial charge in [-0.1, -0.05) is 108 Å². The molecule has 0 unspecified atom stereocenters. The van der Waals surface area contributed by atoms with Crippen LogP contribution in [-0.4, -0.2) is 9.97 Å². The Morgan fingerprint density at radius 2 is 0.912 bits per heavy atom. The van der Waals surface area contributed by atoms with Crippen molar-refractivity contribution >= 4 is 22.2 Å². The van der Waals surface area contributed by atoms with Crippen molar-refractivity contribution in [3.8, 4) is 22.5 Å². The van der Waals surface area contributed by atoms with E-state index in [2.05, 4.69) is 98.8 Å². The van der Waals surface area contributed by atoms with Crippen molar-refractivity contribution in [3.63, 3.8) is 0 Å². The molecule has 2 aliphatic carbocycles. The third-order valence-corrected chi connectivity index (χ3v) is 6.69. The first-order chi connectivity index (χ1) is 16.7. The molecule has 2 aliphatic rings. The molecule has 0 amide bonds. The molecular weight excluding hydrogens is 412 g/mol. The van der Waals surface area contributed by atoms with E-state index in [1.807, 2.05) is 12.1 Å². The van der Waals surface area contributed by atoms with Crippen molar-refractivity contribution < 1.29 is 0 Å². The molecule has 0 saturated heterocycles. The number of hydrogen-bond acceptors (Lipinski definition) is 2. The summed E-state index contributed by atoms with van der Waals surface area (Å²) in [4.78, 5) is 10.7. The molecule has 164 valence electrons. The summed E-state index contributed by atoms with van der Waals surface area (Å²) >= 11 is 0. The first-order valence-electron chi connectivity index (χ1n) is 11.9. The van der Waals surface area contributed by atoms with Gasteiger partial charge in [0.25, 0.3) is 0 Å². The molecular formula is C32H26N2.